The van der Waals surface area contributed by atoms with E-state index in [0.29, 0.717) is 0 Å². The quantitative estimate of drug-likeness (QED) is 0.573. The first-order valence-corrected chi connectivity index (χ1v) is 3.53. The highest BCUT2D eigenvalue weighted by Gasteiger charge is 1.89. The lowest BCUT2D eigenvalue weighted by Gasteiger charge is -2.03. The summed E-state index contributed by atoms with van der Waals surface area (Å²) in [4.78, 5) is 4.09. The maximum absolute atomic E-state index is 4.09. The van der Waals surface area contributed by atoms with Gasteiger partial charge in [-0.2, -0.15) is 0 Å². The van der Waals surface area contributed by atoms with Crippen molar-refractivity contribution in [2.75, 3.05) is 7.05 Å². The summed E-state index contributed by atoms with van der Waals surface area (Å²) in [6.07, 6.45) is 1.76. The number of hydrogen-bond acceptors (Lipinski definition) is 1. The molecular weight excluding hydrogens is 136 g/mol. The number of nitrogens with zero attached hydrogens (tertiary/aromatic N) is 2. The fourth-order valence-electron chi connectivity index (χ4n) is 1.03. The van der Waals surface area contributed by atoms with Gasteiger partial charge in [0, 0.05) is 18.9 Å². The van der Waals surface area contributed by atoms with E-state index in [9.17, 15) is 0 Å². The molecule has 0 spiro atoms. The first-order chi connectivity index (χ1) is 5.29. The maximum Gasteiger partial charge on any atom is 0.131 e. The molecule has 0 N–H and O–H groups in total. The van der Waals surface area contributed by atoms with Crippen LogP contribution in [0.4, 0.5) is 0 Å². The van der Waals surface area contributed by atoms with Gasteiger partial charge in [-0.15, -0.1) is 0 Å². The molecule has 0 aliphatic carbocycles. The molecule has 0 radical (unpaired) electrons. The molecule has 2 nitrogen and oxygen atoms in total. The Morgan fingerprint density at radius 2 is 2.27 bits per heavy atom. The smallest absolute Gasteiger partial charge is 0.131 e. The fourth-order valence-corrected chi connectivity index (χ4v) is 1.03. The van der Waals surface area contributed by atoms with Crippen LogP contribution < -0.4 is 5.49 Å². The van der Waals surface area contributed by atoms with Crippen molar-refractivity contribution in [1.82, 2.24) is 4.57 Å². The van der Waals surface area contributed by atoms with E-state index < -0.39 is 0 Å². The van der Waals surface area contributed by atoms with Gasteiger partial charge in [-0.25, -0.2) is 0 Å². The minimum absolute atomic E-state index is 0.931. The molecule has 0 saturated heterocycles. The van der Waals surface area contributed by atoms with Gasteiger partial charge in [-0.05, 0) is 19.1 Å². The van der Waals surface area contributed by atoms with Gasteiger partial charge in [-0.3, -0.25) is 4.99 Å². The standard InChI is InChI=1S/C9H12N2/c1-4-11-8(2)6-5-7-9(11)10-3/h4-7H,1H2,2-3H3. The molecule has 0 atom stereocenters. The van der Waals surface area contributed by atoms with Crippen molar-refractivity contribution in [3.05, 3.63) is 36.0 Å². The average Bonchev–Trinajstić information content (AvgIpc) is 2.04. The van der Waals surface area contributed by atoms with Crippen LogP contribution in [0.3, 0.4) is 0 Å². The molecule has 0 aromatic carbocycles. The number of rotatable bonds is 1. The van der Waals surface area contributed by atoms with Gasteiger partial charge < -0.3 is 4.57 Å². The Bertz CT molecular complexity index is 321. The number of aromatic nitrogens is 1. The second kappa shape index (κ2) is 3.19. The Morgan fingerprint density at radius 3 is 2.73 bits per heavy atom. The molecule has 2 heteroatoms. The van der Waals surface area contributed by atoms with Crippen molar-refractivity contribution in [2.24, 2.45) is 4.99 Å². The summed E-state index contributed by atoms with van der Waals surface area (Å²) in [5.41, 5.74) is 2.07. The minimum Gasteiger partial charge on any atom is -0.307 e. The molecule has 0 bridgehead atoms. The van der Waals surface area contributed by atoms with Gasteiger partial charge in [-0.1, -0.05) is 12.6 Å². The normalized spacial score (nSPS) is 11.6. The van der Waals surface area contributed by atoms with E-state index in [4.69, 9.17) is 0 Å². The van der Waals surface area contributed by atoms with Crippen molar-refractivity contribution < 1.29 is 0 Å². The lowest BCUT2D eigenvalue weighted by Crippen LogP contribution is -2.17. The Kier molecular flexibility index (Phi) is 2.26. The average molecular weight is 148 g/mol. The van der Waals surface area contributed by atoms with Gasteiger partial charge in [0.1, 0.15) is 5.49 Å². The van der Waals surface area contributed by atoms with E-state index in [1.54, 1.807) is 13.2 Å². The second-order valence-corrected chi connectivity index (χ2v) is 2.30. The third kappa shape index (κ3) is 1.40. The van der Waals surface area contributed by atoms with Crippen LogP contribution in [-0.4, -0.2) is 11.6 Å². The molecular formula is C9H12N2. The van der Waals surface area contributed by atoms with Crippen LogP contribution in [0, 0.1) is 6.92 Å². The van der Waals surface area contributed by atoms with Crippen molar-refractivity contribution >= 4 is 6.20 Å². The van der Waals surface area contributed by atoms with Gasteiger partial charge in [0.2, 0.25) is 0 Å². The topological polar surface area (TPSA) is 17.3 Å². The van der Waals surface area contributed by atoms with Gasteiger partial charge in [0.05, 0.1) is 0 Å². The molecule has 11 heavy (non-hydrogen) atoms. The maximum atomic E-state index is 4.09. The van der Waals surface area contributed by atoms with E-state index in [2.05, 4.69) is 11.6 Å². The molecule has 1 rings (SSSR count). The molecule has 58 valence electrons. The van der Waals surface area contributed by atoms with E-state index in [1.165, 1.54) is 0 Å². The Labute approximate surface area is 66.5 Å². The second-order valence-electron chi connectivity index (χ2n) is 2.30. The third-order valence-corrected chi connectivity index (χ3v) is 1.62. The number of aryl methyl sites for hydroxylation is 1. The molecule has 0 unspecified atom stereocenters. The summed E-state index contributed by atoms with van der Waals surface area (Å²) in [5.74, 6) is 0. The van der Waals surface area contributed by atoms with Crippen LogP contribution in [0.25, 0.3) is 6.20 Å². The summed E-state index contributed by atoms with van der Waals surface area (Å²) < 4.78 is 1.94. The van der Waals surface area contributed by atoms with Crippen LogP contribution in [-0.2, 0) is 0 Å². The highest BCUT2D eigenvalue weighted by Crippen LogP contribution is 1.92. The molecule has 0 saturated carbocycles. The first kappa shape index (κ1) is 7.79. The minimum atomic E-state index is 0.931. The van der Waals surface area contributed by atoms with Crippen LogP contribution in [0.1, 0.15) is 5.69 Å². The predicted molar refractivity (Wildman–Crippen MR) is 47.0 cm³/mol. The first-order valence-electron chi connectivity index (χ1n) is 3.53. The third-order valence-electron chi connectivity index (χ3n) is 1.62. The Morgan fingerprint density at radius 1 is 1.55 bits per heavy atom. The van der Waals surface area contributed by atoms with E-state index in [-0.39, 0.29) is 0 Å². The van der Waals surface area contributed by atoms with Crippen molar-refractivity contribution in [2.45, 2.75) is 6.92 Å². The molecule has 0 aliphatic heterocycles. The molecule has 0 aliphatic rings. The predicted octanol–water partition coefficient (Wildman–Crippen LogP) is 1.43. The molecule has 0 amide bonds. The summed E-state index contributed by atoms with van der Waals surface area (Å²) in [5, 5.41) is 0. The highest BCUT2D eigenvalue weighted by atomic mass is 15.0. The van der Waals surface area contributed by atoms with E-state index in [1.807, 2.05) is 29.7 Å². The van der Waals surface area contributed by atoms with Gasteiger partial charge in [0.25, 0.3) is 0 Å². The number of hydrogen-bond donors (Lipinski definition) is 0. The molecule has 1 heterocycles. The lowest BCUT2D eigenvalue weighted by atomic mass is 10.3. The molecule has 1 aromatic heterocycles. The van der Waals surface area contributed by atoms with E-state index in [0.717, 1.165) is 11.2 Å². The largest absolute Gasteiger partial charge is 0.307 e. The SMILES string of the molecule is C=Cn1c(C)cccc1=NC. The van der Waals surface area contributed by atoms with E-state index >= 15 is 0 Å². The summed E-state index contributed by atoms with van der Waals surface area (Å²) in [6.45, 7) is 5.73. The Balaban J connectivity index is 3.49. The Hall–Kier alpha value is -1.31. The van der Waals surface area contributed by atoms with Crippen LogP contribution in [0.15, 0.2) is 29.8 Å². The molecule has 1 aromatic rings. The van der Waals surface area contributed by atoms with Crippen molar-refractivity contribution in [3.63, 3.8) is 0 Å². The van der Waals surface area contributed by atoms with Crippen LogP contribution in [0.5, 0.6) is 0 Å². The monoisotopic (exact) mass is 148 g/mol. The highest BCUT2D eigenvalue weighted by molar-refractivity contribution is 5.22. The molecule has 0 fully saturated rings. The number of pyridine rings is 1. The zero-order valence-electron chi connectivity index (χ0n) is 6.91. The summed E-state index contributed by atoms with van der Waals surface area (Å²) in [7, 11) is 1.77. The van der Waals surface area contributed by atoms with Gasteiger partial charge >= 0.3 is 0 Å². The van der Waals surface area contributed by atoms with Crippen molar-refractivity contribution in [3.8, 4) is 0 Å². The van der Waals surface area contributed by atoms with Crippen LogP contribution in [0.2, 0.25) is 0 Å². The lowest BCUT2D eigenvalue weighted by molar-refractivity contribution is 0.944. The zero-order valence-corrected chi connectivity index (χ0v) is 6.91. The summed E-state index contributed by atoms with van der Waals surface area (Å²) >= 11 is 0. The van der Waals surface area contributed by atoms with Crippen molar-refractivity contribution in [1.29, 1.82) is 0 Å². The summed E-state index contributed by atoms with van der Waals surface area (Å²) in [6, 6.07) is 5.96. The fraction of sp³-hybridized carbons (Fsp3) is 0.222. The van der Waals surface area contributed by atoms with Gasteiger partial charge in [0.15, 0.2) is 0 Å². The van der Waals surface area contributed by atoms with Crippen LogP contribution >= 0.6 is 0 Å². The zero-order chi connectivity index (χ0) is 8.27.